The van der Waals surface area contributed by atoms with Crippen LogP contribution < -0.4 is 0 Å². The van der Waals surface area contributed by atoms with E-state index in [4.69, 9.17) is 0 Å². The smallest absolute Gasteiger partial charge is 0.239 e. The standard InChI is InChI=1S/C5H9F3O2S/c1-5(2,11(9)10)3(6)4(7)8/h3-4,11H,1-2H3. The normalized spacial score (nSPS) is 15.9. The molecule has 1 unspecified atom stereocenters. The van der Waals surface area contributed by atoms with Crippen molar-refractivity contribution in [2.45, 2.75) is 31.2 Å². The number of alkyl halides is 3. The first-order valence-electron chi connectivity index (χ1n) is 2.87. The highest BCUT2D eigenvalue weighted by Crippen LogP contribution is 2.22. The maximum absolute atomic E-state index is 12.4. The largest absolute Gasteiger partial charge is 0.270 e. The Hall–Kier alpha value is -0.260. The van der Waals surface area contributed by atoms with E-state index in [2.05, 4.69) is 0 Å². The third kappa shape index (κ3) is 2.36. The minimum absolute atomic E-state index is 0.926. The summed E-state index contributed by atoms with van der Waals surface area (Å²) in [5.41, 5.74) is 0. The summed E-state index contributed by atoms with van der Waals surface area (Å²) in [7, 11) is -3.17. The van der Waals surface area contributed by atoms with Crippen LogP contribution in [0.15, 0.2) is 0 Å². The molecule has 0 heterocycles. The van der Waals surface area contributed by atoms with Crippen LogP contribution in [0.25, 0.3) is 0 Å². The van der Waals surface area contributed by atoms with Gasteiger partial charge >= 0.3 is 0 Å². The van der Waals surface area contributed by atoms with Crippen molar-refractivity contribution in [3.05, 3.63) is 0 Å². The number of hydrogen-bond acceptors (Lipinski definition) is 2. The van der Waals surface area contributed by atoms with E-state index in [0.29, 0.717) is 0 Å². The highest BCUT2D eigenvalue weighted by molar-refractivity contribution is 7.74. The second-order valence-electron chi connectivity index (χ2n) is 2.65. The summed E-state index contributed by atoms with van der Waals surface area (Å²) >= 11 is 0. The summed E-state index contributed by atoms with van der Waals surface area (Å²) in [5.74, 6) is 0. The van der Waals surface area contributed by atoms with Crippen LogP contribution in [-0.4, -0.2) is 25.8 Å². The fraction of sp³-hybridized carbons (Fsp3) is 1.00. The molecule has 0 saturated heterocycles. The molecule has 0 aromatic carbocycles. The van der Waals surface area contributed by atoms with Crippen LogP contribution in [0.2, 0.25) is 0 Å². The molecule has 6 heteroatoms. The average molecular weight is 190 g/mol. The lowest BCUT2D eigenvalue weighted by atomic mass is 10.1. The molecule has 2 nitrogen and oxygen atoms in total. The molecule has 0 saturated carbocycles. The van der Waals surface area contributed by atoms with Gasteiger partial charge in [0.2, 0.25) is 0 Å². The highest BCUT2D eigenvalue weighted by Gasteiger charge is 2.39. The first kappa shape index (κ1) is 10.7. The Balaban J connectivity index is 4.55. The predicted octanol–water partition coefficient (Wildman–Crippen LogP) is 0.980. The molecule has 0 rings (SSSR count). The van der Waals surface area contributed by atoms with Gasteiger partial charge in [-0.25, -0.2) is 21.6 Å². The van der Waals surface area contributed by atoms with E-state index in [1.807, 2.05) is 0 Å². The van der Waals surface area contributed by atoms with Crippen molar-refractivity contribution in [1.82, 2.24) is 0 Å². The topological polar surface area (TPSA) is 34.1 Å². The summed E-state index contributed by atoms with van der Waals surface area (Å²) in [6.07, 6.45) is -5.87. The second kappa shape index (κ2) is 3.42. The fourth-order valence-corrected chi connectivity index (χ4v) is 0.723. The number of hydrogen-bond donors (Lipinski definition) is 1. The van der Waals surface area contributed by atoms with Crippen LogP contribution in [0.5, 0.6) is 0 Å². The van der Waals surface area contributed by atoms with Gasteiger partial charge in [0, 0.05) is 0 Å². The number of halogens is 3. The lowest BCUT2D eigenvalue weighted by Gasteiger charge is -2.20. The van der Waals surface area contributed by atoms with Crippen molar-refractivity contribution >= 4 is 10.7 Å². The Morgan fingerprint density at radius 3 is 1.64 bits per heavy atom. The van der Waals surface area contributed by atoms with Crippen LogP contribution in [0.1, 0.15) is 13.8 Å². The van der Waals surface area contributed by atoms with Gasteiger partial charge in [-0.2, -0.15) is 0 Å². The molecule has 0 aliphatic heterocycles. The van der Waals surface area contributed by atoms with Crippen molar-refractivity contribution < 1.29 is 21.6 Å². The maximum atomic E-state index is 12.4. The monoisotopic (exact) mass is 190 g/mol. The van der Waals surface area contributed by atoms with Crippen LogP contribution in [-0.2, 0) is 10.7 Å². The molecule has 0 amide bonds. The molecule has 0 N–H and O–H groups in total. The quantitative estimate of drug-likeness (QED) is 0.673. The van der Waals surface area contributed by atoms with Gasteiger partial charge in [-0.15, -0.1) is 0 Å². The molecule has 0 radical (unpaired) electrons. The zero-order valence-electron chi connectivity index (χ0n) is 6.05. The van der Waals surface area contributed by atoms with Crippen LogP contribution in [0.4, 0.5) is 13.2 Å². The summed E-state index contributed by atoms with van der Waals surface area (Å²) < 4.78 is 54.2. The summed E-state index contributed by atoms with van der Waals surface area (Å²) in [6, 6.07) is 0. The van der Waals surface area contributed by atoms with E-state index >= 15 is 0 Å². The van der Waals surface area contributed by atoms with E-state index in [1.165, 1.54) is 0 Å². The maximum Gasteiger partial charge on any atom is 0.270 e. The lowest BCUT2D eigenvalue weighted by Crippen LogP contribution is -2.39. The van der Waals surface area contributed by atoms with Gasteiger partial charge in [0.05, 0.1) is 0 Å². The molecule has 0 aliphatic rings. The van der Waals surface area contributed by atoms with E-state index in [0.717, 1.165) is 13.8 Å². The molecular weight excluding hydrogens is 181 g/mol. The molecule has 0 aliphatic carbocycles. The Labute approximate surface area is 64.4 Å². The van der Waals surface area contributed by atoms with Gasteiger partial charge in [0.25, 0.3) is 6.43 Å². The van der Waals surface area contributed by atoms with Crippen molar-refractivity contribution in [1.29, 1.82) is 0 Å². The van der Waals surface area contributed by atoms with Crippen LogP contribution >= 0.6 is 0 Å². The third-order valence-corrected chi connectivity index (χ3v) is 2.55. The van der Waals surface area contributed by atoms with E-state index in [1.54, 1.807) is 0 Å². The van der Waals surface area contributed by atoms with Gasteiger partial charge in [0.15, 0.2) is 6.17 Å². The lowest BCUT2D eigenvalue weighted by molar-refractivity contribution is 0.0328. The predicted molar refractivity (Wildman–Crippen MR) is 35.3 cm³/mol. The Morgan fingerprint density at radius 1 is 1.18 bits per heavy atom. The van der Waals surface area contributed by atoms with Gasteiger partial charge < -0.3 is 0 Å². The fourth-order valence-electron chi connectivity index (χ4n) is 0.409. The first-order valence-corrected chi connectivity index (χ1v) is 4.04. The molecule has 0 aromatic rings. The summed E-state index contributed by atoms with van der Waals surface area (Å²) in [6.45, 7) is 1.85. The molecule has 0 spiro atoms. The zero-order valence-corrected chi connectivity index (χ0v) is 6.95. The van der Waals surface area contributed by atoms with Gasteiger partial charge in [-0.1, -0.05) is 0 Å². The molecule has 68 valence electrons. The molecule has 0 bridgehead atoms. The minimum Gasteiger partial charge on any atom is -0.239 e. The molecule has 11 heavy (non-hydrogen) atoms. The van der Waals surface area contributed by atoms with E-state index < -0.39 is 28.0 Å². The van der Waals surface area contributed by atoms with Crippen LogP contribution in [0.3, 0.4) is 0 Å². The van der Waals surface area contributed by atoms with E-state index in [9.17, 15) is 21.6 Å². The minimum atomic E-state index is -3.25. The summed E-state index contributed by atoms with van der Waals surface area (Å²) in [4.78, 5) is 0. The Kier molecular flexibility index (Phi) is 3.34. The van der Waals surface area contributed by atoms with Crippen molar-refractivity contribution in [3.8, 4) is 0 Å². The van der Waals surface area contributed by atoms with Crippen molar-refractivity contribution in [2.24, 2.45) is 0 Å². The van der Waals surface area contributed by atoms with Crippen molar-refractivity contribution in [2.75, 3.05) is 0 Å². The Morgan fingerprint density at radius 2 is 1.55 bits per heavy atom. The molecular formula is C5H9F3O2S. The third-order valence-electron chi connectivity index (χ3n) is 1.37. The van der Waals surface area contributed by atoms with E-state index in [-0.39, 0.29) is 0 Å². The Bertz CT molecular complexity index is 192. The van der Waals surface area contributed by atoms with Gasteiger partial charge in [-0.05, 0) is 13.8 Å². The molecule has 1 atom stereocenters. The highest BCUT2D eigenvalue weighted by atomic mass is 32.2. The first-order chi connectivity index (χ1) is 4.80. The summed E-state index contributed by atoms with van der Waals surface area (Å²) in [5, 5.41) is 0. The second-order valence-corrected chi connectivity index (χ2v) is 4.31. The average Bonchev–Trinajstić information content (AvgIpc) is 1.85. The van der Waals surface area contributed by atoms with Crippen molar-refractivity contribution in [3.63, 3.8) is 0 Å². The molecule has 0 aromatic heterocycles. The zero-order chi connectivity index (χ0) is 9.23. The van der Waals surface area contributed by atoms with Gasteiger partial charge in [-0.3, -0.25) is 0 Å². The van der Waals surface area contributed by atoms with Crippen LogP contribution in [0, 0.1) is 0 Å². The SMILES string of the molecule is CC(C)(C(F)C(F)F)[SH](=O)=O. The molecule has 0 fully saturated rings. The number of rotatable bonds is 3. The van der Waals surface area contributed by atoms with Gasteiger partial charge in [0.1, 0.15) is 15.5 Å². The number of thiol groups is 1.